The Hall–Kier alpha value is -2.90. The second kappa shape index (κ2) is 7.52. The molecule has 6 nitrogen and oxygen atoms in total. The van der Waals surface area contributed by atoms with E-state index in [1.54, 1.807) is 24.3 Å². The predicted octanol–water partition coefficient (Wildman–Crippen LogP) is 1.88. The van der Waals surface area contributed by atoms with Crippen LogP contribution in [0, 0.1) is 11.3 Å². The molecule has 0 radical (unpaired) electrons. The van der Waals surface area contributed by atoms with Crippen LogP contribution in [-0.4, -0.2) is 23.1 Å². The van der Waals surface area contributed by atoms with Crippen molar-refractivity contribution in [3.63, 3.8) is 0 Å². The third-order valence-electron chi connectivity index (χ3n) is 2.20. The Morgan fingerprint density at radius 1 is 1.50 bits per heavy atom. The van der Waals surface area contributed by atoms with Crippen molar-refractivity contribution < 1.29 is 19.1 Å². The van der Waals surface area contributed by atoms with E-state index in [4.69, 9.17) is 20.3 Å². The molecular weight excluding hydrogens is 258 g/mol. The lowest BCUT2D eigenvalue weighted by Crippen LogP contribution is -2.16. The number of hydrogen-bond acceptors (Lipinski definition) is 4. The van der Waals surface area contributed by atoms with Gasteiger partial charge in [-0.2, -0.15) is 5.26 Å². The van der Waals surface area contributed by atoms with E-state index < -0.39 is 11.7 Å². The van der Waals surface area contributed by atoms with E-state index >= 15 is 0 Å². The van der Waals surface area contributed by atoms with Gasteiger partial charge in [-0.1, -0.05) is 24.8 Å². The molecule has 6 heteroatoms. The highest BCUT2D eigenvalue weighted by atomic mass is 16.5. The van der Waals surface area contributed by atoms with Crippen LogP contribution < -0.4 is 4.74 Å². The molecule has 0 fully saturated rings. The van der Waals surface area contributed by atoms with Crippen LogP contribution in [0.3, 0.4) is 0 Å². The Labute approximate surface area is 116 Å². The molecule has 102 valence electrons. The third-order valence-corrected chi connectivity index (χ3v) is 2.20. The molecular formula is C14H13N3O3. The van der Waals surface area contributed by atoms with Gasteiger partial charge in [0.05, 0.1) is 0 Å². The number of nitrogens with zero attached hydrogens (tertiary/aromatic N) is 3. The van der Waals surface area contributed by atoms with Gasteiger partial charge in [0.15, 0.2) is 6.07 Å². The summed E-state index contributed by atoms with van der Waals surface area (Å²) in [4.78, 5) is 13.9. The van der Waals surface area contributed by atoms with E-state index in [0.29, 0.717) is 17.9 Å². The van der Waals surface area contributed by atoms with Crippen molar-refractivity contribution in [1.29, 1.82) is 5.26 Å². The van der Waals surface area contributed by atoms with Crippen LogP contribution in [0.1, 0.15) is 12.5 Å². The highest BCUT2D eigenvalue weighted by Crippen LogP contribution is 2.19. The van der Waals surface area contributed by atoms with Gasteiger partial charge in [0.2, 0.25) is 0 Å². The predicted molar refractivity (Wildman–Crippen MR) is 70.8 cm³/mol. The Morgan fingerprint density at radius 2 is 2.20 bits per heavy atom. The molecule has 0 saturated carbocycles. The molecule has 20 heavy (non-hydrogen) atoms. The fraction of sp³-hybridized carbons (Fsp3) is 0.214. The third kappa shape index (κ3) is 4.41. The molecule has 0 spiro atoms. The van der Waals surface area contributed by atoms with Gasteiger partial charge in [-0.25, -0.2) is 4.79 Å². The summed E-state index contributed by atoms with van der Waals surface area (Å²) in [5.41, 5.74) is 9.21. The Kier molecular flexibility index (Phi) is 5.70. The highest BCUT2D eigenvalue weighted by Gasteiger charge is 2.21. The molecule has 0 amide bonds. The van der Waals surface area contributed by atoms with Crippen molar-refractivity contribution in [2.24, 2.45) is 0 Å². The lowest BCUT2D eigenvalue weighted by molar-refractivity contribution is -0.141. The van der Waals surface area contributed by atoms with Gasteiger partial charge < -0.3 is 15.0 Å². The van der Waals surface area contributed by atoms with E-state index in [-0.39, 0.29) is 6.61 Å². The van der Waals surface area contributed by atoms with Crippen LogP contribution in [0.25, 0.3) is 5.53 Å². The van der Waals surface area contributed by atoms with Crippen LogP contribution in [0.4, 0.5) is 0 Å². The van der Waals surface area contributed by atoms with Crippen LogP contribution in [0.5, 0.6) is 5.75 Å². The van der Waals surface area contributed by atoms with Gasteiger partial charge in [-0.15, -0.1) is 4.79 Å². The summed E-state index contributed by atoms with van der Waals surface area (Å²) in [7, 11) is 0. The number of hydrogen-bond donors (Lipinski definition) is 0. The standard InChI is InChI=1S/C14H13N3O3/c1-10(2)8-19-13-6-4-3-5-11(13)9-20-14(18)12(7-15)17-16/h3-6H,1,8-9H2,2H3. The molecule has 0 heterocycles. The van der Waals surface area contributed by atoms with Gasteiger partial charge in [0.1, 0.15) is 19.0 Å². The van der Waals surface area contributed by atoms with E-state index in [1.807, 2.05) is 6.92 Å². The molecule has 0 aromatic heterocycles. The van der Waals surface area contributed by atoms with E-state index in [1.165, 1.54) is 6.07 Å². The first-order valence-electron chi connectivity index (χ1n) is 5.72. The average molecular weight is 271 g/mol. The number of para-hydroxylation sites is 1. The zero-order chi connectivity index (χ0) is 15.0. The first kappa shape index (κ1) is 15.2. The summed E-state index contributed by atoms with van der Waals surface area (Å²) >= 11 is 0. The Bertz CT molecular complexity index is 610. The fourth-order valence-corrected chi connectivity index (χ4v) is 1.29. The van der Waals surface area contributed by atoms with Crippen LogP contribution in [0.2, 0.25) is 0 Å². The number of carbonyl (C=O) groups is 1. The van der Waals surface area contributed by atoms with E-state index in [9.17, 15) is 4.79 Å². The summed E-state index contributed by atoms with van der Waals surface area (Å²) in [6, 6.07) is 8.44. The van der Waals surface area contributed by atoms with E-state index in [2.05, 4.69) is 11.4 Å². The minimum absolute atomic E-state index is 0.0914. The zero-order valence-corrected chi connectivity index (χ0v) is 11.0. The zero-order valence-electron chi connectivity index (χ0n) is 11.0. The van der Waals surface area contributed by atoms with Crippen LogP contribution in [0.15, 0.2) is 36.4 Å². The van der Waals surface area contributed by atoms with Gasteiger partial charge in [-0.05, 0) is 18.6 Å². The quantitative estimate of drug-likeness (QED) is 0.259. The average Bonchev–Trinajstić information content (AvgIpc) is 2.45. The van der Waals surface area contributed by atoms with Crippen molar-refractivity contribution in [3.8, 4) is 11.8 Å². The summed E-state index contributed by atoms with van der Waals surface area (Å²) in [6.07, 6.45) is 0. The van der Waals surface area contributed by atoms with Gasteiger partial charge in [-0.3, -0.25) is 0 Å². The van der Waals surface area contributed by atoms with Crippen LogP contribution >= 0.6 is 0 Å². The molecule has 1 aromatic rings. The van der Waals surface area contributed by atoms with Gasteiger partial charge in [0.25, 0.3) is 0 Å². The molecule has 0 atom stereocenters. The van der Waals surface area contributed by atoms with Crippen molar-refractivity contribution in [3.05, 3.63) is 47.5 Å². The monoisotopic (exact) mass is 271 g/mol. The maximum Gasteiger partial charge on any atom is 0.475 e. The summed E-state index contributed by atoms with van der Waals surface area (Å²) in [5.74, 6) is -0.438. The van der Waals surface area contributed by atoms with Crippen molar-refractivity contribution >= 4 is 11.7 Å². The molecule has 0 bridgehead atoms. The smallest absolute Gasteiger partial charge is 0.475 e. The van der Waals surface area contributed by atoms with E-state index in [0.717, 1.165) is 5.57 Å². The molecule has 0 aliphatic heterocycles. The molecule has 1 rings (SSSR count). The molecule has 0 saturated heterocycles. The maximum atomic E-state index is 11.4. The number of carbonyl (C=O) groups excluding carboxylic acids is 1. The minimum Gasteiger partial charge on any atom is -0.489 e. The SMILES string of the molecule is C=C(C)COc1ccccc1COC(=O)C(C#N)=[N+]=[N-]. The molecule has 1 aromatic carbocycles. The maximum absolute atomic E-state index is 11.4. The molecule has 0 unspecified atom stereocenters. The lowest BCUT2D eigenvalue weighted by atomic mass is 10.2. The van der Waals surface area contributed by atoms with Gasteiger partial charge in [0, 0.05) is 5.56 Å². The highest BCUT2D eigenvalue weighted by molar-refractivity contribution is 6.40. The first-order valence-corrected chi connectivity index (χ1v) is 5.72. The molecule has 0 aliphatic carbocycles. The second-order valence-corrected chi connectivity index (χ2v) is 3.99. The second-order valence-electron chi connectivity index (χ2n) is 3.99. The molecule has 0 aliphatic rings. The Morgan fingerprint density at radius 3 is 2.80 bits per heavy atom. The largest absolute Gasteiger partial charge is 0.489 e. The number of nitriles is 1. The Balaban J connectivity index is 2.73. The van der Waals surface area contributed by atoms with Crippen molar-refractivity contribution in [2.75, 3.05) is 6.61 Å². The van der Waals surface area contributed by atoms with Crippen LogP contribution in [-0.2, 0) is 16.1 Å². The van der Waals surface area contributed by atoms with Crippen molar-refractivity contribution in [2.45, 2.75) is 13.5 Å². The number of benzene rings is 1. The van der Waals surface area contributed by atoms with Gasteiger partial charge >= 0.3 is 11.7 Å². The lowest BCUT2D eigenvalue weighted by Gasteiger charge is -2.10. The topological polar surface area (TPSA) is 95.7 Å². The number of rotatable bonds is 6. The molecule has 0 N–H and O–H groups in total. The summed E-state index contributed by atoms with van der Waals surface area (Å²) in [6.45, 7) is 5.82. The number of ether oxygens (including phenoxy) is 2. The minimum atomic E-state index is -0.996. The normalized spacial score (nSPS) is 9.00. The van der Waals surface area contributed by atoms with Crippen molar-refractivity contribution in [1.82, 2.24) is 0 Å². The number of esters is 1. The first-order chi connectivity index (χ1) is 9.58. The summed E-state index contributed by atoms with van der Waals surface area (Å²) in [5, 5.41) is 8.52. The summed E-state index contributed by atoms with van der Waals surface area (Å²) < 4.78 is 10.4. The fourth-order valence-electron chi connectivity index (χ4n) is 1.29.